The van der Waals surface area contributed by atoms with Gasteiger partial charge in [-0.25, -0.2) is 0 Å². The van der Waals surface area contributed by atoms with E-state index in [1.165, 1.54) is 0 Å². The molecule has 0 saturated heterocycles. The van der Waals surface area contributed by atoms with Crippen molar-refractivity contribution in [3.8, 4) is 0 Å². The summed E-state index contributed by atoms with van der Waals surface area (Å²) in [5, 5.41) is 3.93. The highest BCUT2D eigenvalue weighted by atomic mass is 28.2. The SMILES string of the molecule is C[C@H](N=[N+]=[N-])c1cccc(C(C)(C)O[SiH2]C(C)(C)C)n1. The molecule has 0 aliphatic rings. The predicted octanol–water partition coefficient (Wildman–Crippen LogP) is 4.01. The van der Waals surface area contributed by atoms with Crippen LogP contribution in [-0.4, -0.2) is 14.7 Å². The molecule has 0 unspecified atom stereocenters. The van der Waals surface area contributed by atoms with Gasteiger partial charge in [0.1, 0.15) is 0 Å². The molecule has 0 N–H and O–H groups in total. The minimum atomic E-state index is -0.662. The van der Waals surface area contributed by atoms with Crippen molar-refractivity contribution in [3.63, 3.8) is 0 Å². The third kappa shape index (κ3) is 4.96. The van der Waals surface area contributed by atoms with Gasteiger partial charge in [0.05, 0.1) is 17.3 Å². The molecule has 1 rings (SSSR count). The predicted molar refractivity (Wildman–Crippen MR) is 84.2 cm³/mol. The lowest BCUT2D eigenvalue weighted by Gasteiger charge is -2.30. The second-order valence-electron chi connectivity index (χ2n) is 6.69. The van der Waals surface area contributed by atoms with Crippen LogP contribution in [0.2, 0.25) is 5.04 Å². The first kappa shape index (κ1) is 16.7. The minimum Gasteiger partial charge on any atom is -0.413 e. The molecule has 0 amide bonds. The highest BCUT2D eigenvalue weighted by molar-refractivity contribution is 6.31. The van der Waals surface area contributed by atoms with Crippen LogP contribution in [0.15, 0.2) is 23.3 Å². The van der Waals surface area contributed by atoms with E-state index in [-0.39, 0.29) is 11.1 Å². The van der Waals surface area contributed by atoms with Gasteiger partial charge in [-0.1, -0.05) is 38.9 Å². The summed E-state index contributed by atoms with van der Waals surface area (Å²) in [5.74, 6) is 0. The molecule has 1 aromatic heterocycles. The van der Waals surface area contributed by atoms with E-state index in [1.54, 1.807) is 0 Å². The maximum Gasteiger partial charge on any atom is 0.168 e. The van der Waals surface area contributed by atoms with Gasteiger partial charge in [-0.2, -0.15) is 0 Å². The van der Waals surface area contributed by atoms with Gasteiger partial charge in [-0.3, -0.25) is 4.98 Å². The van der Waals surface area contributed by atoms with E-state index in [1.807, 2.05) is 39.0 Å². The van der Waals surface area contributed by atoms with E-state index >= 15 is 0 Å². The van der Waals surface area contributed by atoms with Gasteiger partial charge < -0.3 is 4.43 Å². The first-order chi connectivity index (χ1) is 9.15. The fourth-order valence-corrected chi connectivity index (χ4v) is 2.57. The van der Waals surface area contributed by atoms with E-state index in [4.69, 9.17) is 9.96 Å². The summed E-state index contributed by atoms with van der Waals surface area (Å²) < 4.78 is 6.15. The molecule has 1 heterocycles. The topological polar surface area (TPSA) is 70.9 Å². The summed E-state index contributed by atoms with van der Waals surface area (Å²) in [6.45, 7) is 12.5. The van der Waals surface area contributed by atoms with Gasteiger partial charge in [-0.05, 0) is 36.5 Å². The van der Waals surface area contributed by atoms with Crippen molar-refractivity contribution in [2.24, 2.45) is 5.11 Å². The van der Waals surface area contributed by atoms with Gasteiger partial charge in [0.2, 0.25) is 0 Å². The Morgan fingerprint density at radius 2 is 1.95 bits per heavy atom. The molecule has 110 valence electrons. The molecule has 20 heavy (non-hydrogen) atoms. The minimum absolute atomic E-state index is 0.243. The lowest BCUT2D eigenvalue weighted by molar-refractivity contribution is 0.104. The summed E-state index contributed by atoms with van der Waals surface area (Å²) in [6, 6.07) is 5.50. The van der Waals surface area contributed by atoms with Crippen LogP contribution in [0.5, 0.6) is 0 Å². The summed E-state index contributed by atoms with van der Waals surface area (Å²) in [5.41, 5.74) is 9.76. The molecule has 6 heteroatoms. The molecular formula is C14H24N4OSi. The fraction of sp³-hybridized carbons (Fsp3) is 0.643. The zero-order valence-corrected chi connectivity index (χ0v) is 14.6. The molecule has 1 atom stereocenters. The molecule has 0 saturated carbocycles. The number of aromatic nitrogens is 1. The summed E-state index contributed by atoms with van der Waals surface area (Å²) >= 11 is 0. The van der Waals surface area contributed by atoms with E-state index < -0.39 is 15.4 Å². The third-order valence-electron chi connectivity index (χ3n) is 2.91. The number of azide groups is 1. The Morgan fingerprint density at radius 1 is 1.30 bits per heavy atom. The number of pyridine rings is 1. The van der Waals surface area contributed by atoms with Crippen LogP contribution in [0.3, 0.4) is 0 Å². The zero-order valence-electron chi connectivity index (χ0n) is 13.2. The zero-order chi connectivity index (χ0) is 15.4. The van der Waals surface area contributed by atoms with Crippen molar-refractivity contribution in [1.82, 2.24) is 4.98 Å². The molecule has 5 nitrogen and oxygen atoms in total. The quantitative estimate of drug-likeness (QED) is 0.356. The van der Waals surface area contributed by atoms with Crippen molar-refractivity contribution in [2.45, 2.75) is 58.2 Å². The first-order valence-electron chi connectivity index (χ1n) is 6.81. The Labute approximate surface area is 123 Å². The number of nitrogens with zero attached hydrogens (tertiary/aromatic N) is 4. The molecule has 0 fully saturated rings. The maximum atomic E-state index is 8.51. The Morgan fingerprint density at radius 3 is 2.50 bits per heavy atom. The summed E-state index contributed by atoms with van der Waals surface area (Å²) in [7, 11) is -0.662. The first-order valence-corrected chi connectivity index (χ1v) is 8.10. The molecule has 0 radical (unpaired) electrons. The van der Waals surface area contributed by atoms with E-state index in [0.717, 1.165) is 11.4 Å². The monoisotopic (exact) mass is 292 g/mol. The van der Waals surface area contributed by atoms with Crippen molar-refractivity contribution < 1.29 is 4.43 Å². The van der Waals surface area contributed by atoms with Crippen LogP contribution >= 0.6 is 0 Å². The Kier molecular flexibility index (Phi) is 5.33. The summed E-state index contributed by atoms with van der Waals surface area (Å²) in [6.07, 6.45) is 0. The van der Waals surface area contributed by atoms with Crippen LogP contribution in [0.25, 0.3) is 10.4 Å². The van der Waals surface area contributed by atoms with E-state index in [2.05, 4.69) is 35.8 Å². The second-order valence-corrected chi connectivity index (χ2v) is 9.39. The average molecular weight is 292 g/mol. The molecule has 0 bridgehead atoms. The second kappa shape index (κ2) is 6.39. The average Bonchev–Trinajstić information content (AvgIpc) is 2.36. The number of rotatable bonds is 5. The lowest BCUT2D eigenvalue weighted by Crippen LogP contribution is -2.28. The largest absolute Gasteiger partial charge is 0.413 e. The van der Waals surface area contributed by atoms with Crippen molar-refractivity contribution >= 4 is 9.76 Å². The fourth-order valence-electron chi connectivity index (χ4n) is 1.63. The Balaban J connectivity index is 2.95. The van der Waals surface area contributed by atoms with Crippen LogP contribution in [0.1, 0.15) is 59.0 Å². The molecule has 0 aliphatic carbocycles. The van der Waals surface area contributed by atoms with Crippen molar-refractivity contribution in [1.29, 1.82) is 0 Å². The smallest absolute Gasteiger partial charge is 0.168 e. The lowest BCUT2D eigenvalue weighted by atomic mass is 10.0. The number of hydrogen-bond acceptors (Lipinski definition) is 3. The standard InChI is InChI=1S/C14H24N4OSi/c1-10(17-18-15)11-8-7-9-12(16-11)14(5,6)19-20-13(2,3)4/h7-10H,20H2,1-6H3/t10-/m0/s1. The van der Waals surface area contributed by atoms with Gasteiger partial charge in [0.25, 0.3) is 0 Å². The summed E-state index contributed by atoms with van der Waals surface area (Å²) in [4.78, 5) is 7.43. The molecular weight excluding hydrogens is 268 g/mol. The highest BCUT2D eigenvalue weighted by Crippen LogP contribution is 2.29. The van der Waals surface area contributed by atoms with Crippen molar-refractivity contribution in [2.75, 3.05) is 0 Å². The third-order valence-corrected chi connectivity index (χ3v) is 4.64. The van der Waals surface area contributed by atoms with Crippen LogP contribution < -0.4 is 0 Å². The van der Waals surface area contributed by atoms with E-state index in [9.17, 15) is 0 Å². The van der Waals surface area contributed by atoms with Crippen LogP contribution in [-0.2, 0) is 10.0 Å². The molecule has 0 spiro atoms. The van der Waals surface area contributed by atoms with Gasteiger partial charge in [0.15, 0.2) is 9.76 Å². The van der Waals surface area contributed by atoms with Gasteiger partial charge in [0, 0.05) is 10.6 Å². The van der Waals surface area contributed by atoms with Gasteiger partial charge in [-0.15, -0.1) is 0 Å². The van der Waals surface area contributed by atoms with Gasteiger partial charge >= 0.3 is 0 Å². The van der Waals surface area contributed by atoms with Crippen molar-refractivity contribution in [3.05, 3.63) is 40.0 Å². The maximum absolute atomic E-state index is 8.51. The molecule has 0 aliphatic heterocycles. The Bertz CT molecular complexity index is 504. The molecule has 1 aromatic rings. The van der Waals surface area contributed by atoms with Crippen LogP contribution in [0, 0.1) is 0 Å². The number of hydrogen-bond donors (Lipinski definition) is 0. The van der Waals surface area contributed by atoms with E-state index in [0.29, 0.717) is 0 Å². The Hall–Kier alpha value is -1.36. The highest BCUT2D eigenvalue weighted by Gasteiger charge is 2.26. The molecule has 0 aromatic carbocycles. The normalized spacial score (nSPS) is 14.3. The van der Waals surface area contributed by atoms with Crippen LogP contribution in [0.4, 0.5) is 0 Å².